The van der Waals surface area contributed by atoms with Crippen LogP contribution in [-0.2, 0) is 22.9 Å². The fraction of sp³-hybridized carbons (Fsp3) is 0.261. The van der Waals surface area contributed by atoms with Crippen LogP contribution in [0.1, 0.15) is 34.3 Å². The zero-order valence-corrected chi connectivity index (χ0v) is 17.1. The number of carbonyl (C=O) groups excluding carboxylic acids is 1. The number of sulfonamides is 1. The van der Waals surface area contributed by atoms with Crippen molar-refractivity contribution in [2.45, 2.75) is 30.6 Å². The Morgan fingerprint density at radius 3 is 2.47 bits per heavy atom. The Bertz CT molecular complexity index is 1270. The van der Waals surface area contributed by atoms with E-state index in [-0.39, 0.29) is 5.56 Å². The molecule has 1 saturated heterocycles. The maximum Gasteiger partial charge on any atom is 0.255 e. The van der Waals surface area contributed by atoms with E-state index in [0.717, 1.165) is 43.2 Å². The van der Waals surface area contributed by atoms with Crippen molar-refractivity contribution in [3.05, 3.63) is 71.0 Å². The number of nitrogens with zero attached hydrogens (tertiary/aromatic N) is 1. The highest BCUT2D eigenvalue weighted by molar-refractivity contribution is 7.89. The Morgan fingerprint density at radius 2 is 1.70 bits per heavy atom. The van der Waals surface area contributed by atoms with Crippen molar-refractivity contribution in [1.82, 2.24) is 4.31 Å². The highest BCUT2D eigenvalue weighted by Gasteiger charge is 2.30. The highest BCUT2D eigenvalue weighted by Crippen LogP contribution is 2.35. The quantitative estimate of drug-likeness (QED) is 0.685. The van der Waals surface area contributed by atoms with Crippen LogP contribution in [0.2, 0.25) is 0 Å². The van der Waals surface area contributed by atoms with Gasteiger partial charge in [0.1, 0.15) is 10.7 Å². The Hall–Kier alpha value is -2.77. The molecule has 0 radical (unpaired) electrons. The minimum Gasteiger partial charge on any atom is -0.321 e. The van der Waals surface area contributed by atoms with Crippen LogP contribution in [0.5, 0.6) is 0 Å². The lowest BCUT2D eigenvalue weighted by Gasteiger charge is -2.17. The summed E-state index contributed by atoms with van der Waals surface area (Å²) in [7, 11) is -3.96. The Morgan fingerprint density at radius 1 is 0.967 bits per heavy atom. The molecule has 2 aliphatic rings. The predicted octanol–water partition coefficient (Wildman–Crippen LogP) is 4.11. The van der Waals surface area contributed by atoms with E-state index >= 15 is 0 Å². The first-order valence-electron chi connectivity index (χ1n) is 10.1. The maximum atomic E-state index is 14.4. The van der Waals surface area contributed by atoms with E-state index in [1.54, 1.807) is 0 Å². The topological polar surface area (TPSA) is 66.5 Å². The average molecular weight is 424 g/mol. The number of amides is 1. The van der Waals surface area contributed by atoms with Crippen LogP contribution in [0, 0.1) is 5.82 Å². The molecule has 3 aromatic rings. The fourth-order valence-electron chi connectivity index (χ4n) is 4.46. The molecular formula is C23H21FN2O3S. The fourth-order valence-corrected chi connectivity index (χ4v) is 6.07. The molecule has 7 heteroatoms. The Balaban J connectivity index is 1.49. The second-order valence-electron chi connectivity index (χ2n) is 7.82. The number of aryl methyl sites for hydroxylation is 2. The summed E-state index contributed by atoms with van der Waals surface area (Å²) in [5.74, 6) is -1.31. The van der Waals surface area contributed by atoms with Gasteiger partial charge in [-0.1, -0.05) is 24.3 Å². The standard InChI is InChI=1S/C23H21FN2O3S/c24-19-10-8-17(14-21(19)30(28,29)26-12-1-2-13-26)23(27)25-20-11-9-16-7-6-15-4-3-5-18(20)22(15)16/h3-5,8-11,14H,1-2,6-7,12-13H2,(H,25,27). The zero-order valence-electron chi connectivity index (χ0n) is 16.3. The molecule has 0 atom stereocenters. The number of halogens is 1. The molecule has 0 bridgehead atoms. The number of rotatable bonds is 4. The molecule has 5 rings (SSSR count). The minimum absolute atomic E-state index is 0.109. The molecule has 154 valence electrons. The van der Waals surface area contributed by atoms with Crippen LogP contribution in [0.25, 0.3) is 10.8 Å². The van der Waals surface area contributed by atoms with Gasteiger partial charge in [0.25, 0.3) is 5.91 Å². The monoisotopic (exact) mass is 424 g/mol. The number of hydrogen-bond acceptors (Lipinski definition) is 3. The van der Waals surface area contributed by atoms with Crippen molar-refractivity contribution in [3.63, 3.8) is 0 Å². The van der Waals surface area contributed by atoms with Crippen LogP contribution >= 0.6 is 0 Å². The van der Waals surface area contributed by atoms with Gasteiger partial charge in [0.15, 0.2) is 0 Å². The molecule has 1 amide bonds. The van der Waals surface area contributed by atoms with Crippen LogP contribution in [0.3, 0.4) is 0 Å². The van der Waals surface area contributed by atoms with Gasteiger partial charge < -0.3 is 5.32 Å². The van der Waals surface area contributed by atoms with Crippen LogP contribution in [0.4, 0.5) is 10.1 Å². The molecular weight excluding hydrogens is 403 g/mol. The minimum atomic E-state index is -3.96. The predicted molar refractivity (Wildman–Crippen MR) is 114 cm³/mol. The summed E-state index contributed by atoms with van der Waals surface area (Å²) < 4.78 is 41.2. The van der Waals surface area contributed by atoms with E-state index in [0.29, 0.717) is 18.8 Å². The van der Waals surface area contributed by atoms with E-state index in [1.807, 2.05) is 24.3 Å². The molecule has 1 aliphatic heterocycles. The molecule has 1 fully saturated rings. The average Bonchev–Trinajstić information content (AvgIpc) is 3.42. The molecule has 3 aromatic carbocycles. The van der Waals surface area contributed by atoms with Crippen molar-refractivity contribution >= 4 is 32.4 Å². The third-order valence-electron chi connectivity index (χ3n) is 6.00. The number of hydrogen-bond donors (Lipinski definition) is 1. The summed E-state index contributed by atoms with van der Waals surface area (Å²) in [6.45, 7) is 0.748. The Labute approximate surface area is 174 Å². The van der Waals surface area contributed by atoms with E-state index in [4.69, 9.17) is 0 Å². The van der Waals surface area contributed by atoms with Crippen LogP contribution in [0.15, 0.2) is 53.4 Å². The van der Waals surface area contributed by atoms with Gasteiger partial charge in [0.2, 0.25) is 10.0 Å². The first-order valence-corrected chi connectivity index (χ1v) is 11.5. The molecule has 5 nitrogen and oxygen atoms in total. The van der Waals surface area contributed by atoms with Gasteiger partial charge in [-0.05, 0) is 66.5 Å². The van der Waals surface area contributed by atoms with Gasteiger partial charge in [0.05, 0.1) is 0 Å². The molecule has 0 spiro atoms. The van der Waals surface area contributed by atoms with Gasteiger partial charge in [-0.2, -0.15) is 4.31 Å². The van der Waals surface area contributed by atoms with E-state index in [1.165, 1.54) is 26.9 Å². The molecule has 0 unspecified atom stereocenters. The Kier molecular flexibility index (Phi) is 4.60. The second kappa shape index (κ2) is 7.18. The molecule has 0 aromatic heterocycles. The molecule has 30 heavy (non-hydrogen) atoms. The molecule has 0 saturated carbocycles. The summed E-state index contributed by atoms with van der Waals surface area (Å²) in [6.07, 6.45) is 3.48. The van der Waals surface area contributed by atoms with Crippen molar-refractivity contribution in [2.75, 3.05) is 18.4 Å². The van der Waals surface area contributed by atoms with Crippen molar-refractivity contribution in [3.8, 4) is 0 Å². The van der Waals surface area contributed by atoms with E-state index in [2.05, 4.69) is 11.4 Å². The lowest BCUT2D eigenvalue weighted by molar-refractivity contribution is 0.102. The SMILES string of the molecule is O=C(Nc1ccc2c3c(cccc13)CC2)c1ccc(F)c(S(=O)(=O)N2CCCC2)c1. The highest BCUT2D eigenvalue weighted by atomic mass is 32.2. The number of benzene rings is 3. The zero-order chi connectivity index (χ0) is 20.9. The number of carbonyl (C=O) groups is 1. The van der Waals surface area contributed by atoms with Gasteiger partial charge in [-0.3, -0.25) is 4.79 Å². The summed E-state index contributed by atoms with van der Waals surface area (Å²) in [5, 5.41) is 5.02. The van der Waals surface area contributed by atoms with Crippen molar-refractivity contribution in [1.29, 1.82) is 0 Å². The second-order valence-corrected chi connectivity index (χ2v) is 9.73. The first kappa shape index (κ1) is 19.2. The summed E-state index contributed by atoms with van der Waals surface area (Å²) in [5.41, 5.74) is 3.30. The lowest BCUT2D eigenvalue weighted by Crippen LogP contribution is -2.29. The van der Waals surface area contributed by atoms with Crippen molar-refractivity contribution < 1.29 is 17.6 Å². The molecule has 1 aliphatic carbocycles. The largest absolute Gasteiger partial charge is 0.321 e. The normalized spacial score (nSPS) is 16.3. The summed E-state index contributed by atoms with van der Waals surface area (Å²) in [6, 6.07) is 13.4. The smallest absolute Gasteiger partial charge is 0.255 e. The first-order chi connectivity index (χ1) is 14.4. The number of anilines is 1. The lowest BCUT2D eigenvalue weighted by atomic mass is 10.0. The van der Waals surface area contributed by atoms with Gasteiger partial charge in [-0.15, -0.1) is 0 Å². The number of nitrogens with one attached hydrogen (secondary N) is 1. The van der Waals surface area contributed by atoms with E-state index in [9.17, 15) is 17.6 Å². The molecule has 1 heterocycles. The van der Waals surface area contributed by atoms with Crippen LogP contribution < -0.4 is 5.32 Å². The van der Waals surface area contributed by atoms with Crippen LogP contribution in [-0.4, -0.2) is 31.7 Å². The summed E-state index contributed by atoms with van der Waals surface area (Å²) in [4.78, 5) is 12.5. The maximum absolute atomic E-state index is 14.4. The van der Waals surface area contributed by atoms with Gasteiger partial charge in [-0.25, -0.2) is 12.8 Å². The summed E-state index contributed by atoms with van der Waals surface area (Å²) >= 11 is 0. The van der Waals surface area contributed by atoms with Crippen molar-refractivity contribution in [2.24, 2.45) is 0 Å². The third-order valence-corrected chi connectivity index (χ3v) is 7.91. The van der Waals surface area contributed by atoms with Gasteiger partial charge >= 0.3 is 0 Å². The molecule has 1 N–H and O–H groups in total. The van der Waals surface area contributed by atoms with E-state index < -0.39 is 26.6 Å². The van der Waals surface area contributed by atoms with Gasteiger partial charge in [0, 0.05) is 29.7 Å². The third kappa shape index (κ3) is 3.09.